The normalized spacial score (nSPS) is 10.3. The minimum Gasteiger partial charge on any atom is -0.385 e. The number of fused-ring (bicyclic) bond motifs is 1. The van der Waals surface area contributed by atoms with Crippen molar-refractivity contribution in [1.29, 1.82) is 0 Å². The summed E-state index contributed by atoms with van der Waals surface area (Å²) in [5.74, 6) is -0.195. The maximum atomic E-state index is 12.3. The summed E-state index contributed by atoms with van der Waals surface area (Å²) >= 11 is 5.23. The summed E-state index contributed by atoms with van der Waals surface area (Å²) < 4.78 is 4.98. The lowest BCUT2D eigenvalue weighted by molar-refractivity contribution is 0.0886. The van der Waals surface area contributed by atoms with Crippen molar-refractivity contribution in [1.82, 2.24) is 15.8 Å². The molecule has 0 spiro atoms. The highest BCUT2D eigenvalue weighted by Gasteiger charge is 2.10. The van der Waals surface area contributed by atoms with Crippen LogP contribution in [0.15, 0.2) is 42.5 Å². The second-order valence-corrected chi connectivity index (χ2v) is 5.53. The summed E-state index contributed by atoms with van der Waals surface area (Å²) in [6.45, 7) is 1.37. The van der Waals surface area contributed by atoms with Crippen LogP contribution in [0.5, 0.6) is 0 Å². The summed E-state index contributed by atoms with van der Waals surface area (Å²) in [6.07, 6.45) is 0.850. The van der Waals surface area contributed by atoms with Gasteiger partial charge in [0.05, 0.1) is 0 Å². The van der Waals surface area contributed by atoms with E-state index in [9.17, 15) is 4.79 Å². The topological polar surface area (TPSA) is 53.6 Å². The van der Waals surface area contributed by atoms with E-state index in [1.54, 1.807) is 20.2 Å². The number of carbonyl (C=O) groups excluding carboxylic acids is 1. The number of carbonyl (C=O) groups is 1. The predicted molar refractivity (Wildman–Crippen MR) is 96.3 cm³/mol. The Balaban J connectivity index is 1.92. The molecule has 0 heterocycles. The van der Waals surface area contributed by atoms with Crippen LogP contribution >= 0.6 is 12.2 Å². The summed E-state index contributed by atoms with van der Waals surface area (Å²) in [6, 6.07) is 13.5. The van der Waals surface area contributed by atoms with Gasteiger partial charge < -0.3 is 10.1 Å². The molecule has 0 aromatic heterocycles. The molecule has 0 aliphatic rings. The molecule has 0 saturated carbocycles. The third kappa shape index (κ3) is 4.91. The van der Waals surface area contributed by atoms with E-state index in [4.69, 9.17) is 17.0 Å². The first-order valence-corrected chi connectivity index (χ1v) is 7.83. The Morgan fingerprint density at radius 2 is 1.96 bits per heavy atom. The van der Waals surface area contributed by atoms with Gasteiger partial charge in [-0.1, -0.05) is 30.3 Å². The zero-order chi connectivity index (χ0) is 16.7. The highest BCUT2D eigenvalue weighted by molar-refractivity contribution is 7.80. The van der Waals surface area contributed by atoms with Gasteiger partial charge in [-0.3, -0.25) is 15.2 Å². The first-order chi connectivity index (χ1) is 11.1. The third-order valence-corrected chi connectivity index (χ3v) is 3.81. The van der Waals surface area contributed by atoms with Gasteiger partial charge in [0.15, 0.2) is 5.11 Å². The molecule has 0 bridgehead atoms. The molecule has 0 fully saturated rings. The van der Waals surface area contributed by atoms with E-state index in [2.05, 4.69) is 10.7 Å². The van der Waals surface area contributed by atoms with Crippen LogP contribution in [0.4, 0.5) is 0 Å². The molecule has 0 radical (unpaired) electrons. The van der Waals surface area contributed by atoms with Crippen molar-refractivity contribution in [2.75, 3.05) is 27.3 Å². The average Bonchev–Trinajstić information content (AvgIpc) is 2.58. The van der Waals surface area contributed by atoms with E-state index in [1.807, 2.05) is 36.4 Å². The van der Waals surface area contributed by atoms with Crippen molar-refractivity contribution in [2.45, 2.75) is 6.42 Å². The lowest BCUT2D eigenvalue weighted by Gasteiger charge is -2.21. The molecule has 2 aromatic carbocycles. The monoisotopic (exact) mass is 331 g/mol. The number of rotatable bonds is 5. The molecule has 0 aliphatic heterocycles. The molecule has 2 rings (SSSR count). The fourth-order valence-corrected chi connectivity index (χ4v) is 2.28. The van der Waals surface area contributed by atoms with Gasteiger partial charge >= 0.3 is 0 Å². The lowest BCUT2D eigenvalue weighted by Crippen LogP contribution is -2.48. The highest BCUT2D eigenvalue weighted by Crippen LogP contribution is 2.15. The van der Waals surface area contributed by atoms with E-state index in [0.717, 1.165) is 17.2 Å². The fraction of sp³-hybridized carbons (Fsp3) is 0.294. The molecule has 6 heteroatoms. The number of nitrogens with one attached hydrogen (secondary N) is 2. The maximum Gasteiger partial charge on any atom is 0.269 e. The lowest BCUT2D eigenvalue weighted by atomic mass is 10.1. The van der Waals surface area contributed by atoms with E-state index in [-0.39, 0.29) is 5.91 Å². The summed E-state index contributed by atoms with van der Waals surface area (Å²) in [5, 5.41) is 7.18. The Morgan fingerprint density at radius 1 is 1.22 bits per heavy atom. The van der Waals surface area contributed by atoms with Crippen LogP contribution in [0.3, 0.4) is 0 Å². The molecule has 5 nitrogen and oxygen atoms in total. The summed E-state index contributed by atoms with van der Waals surface area (Å²) in [7, 11) is 3.37. The third-order valence-electron chi connectivity index (χ3n) is 3.39. The quantitative estimate of drug-likeness (QED) is 0.500. The number of amides is 1. The molecule has 122 valence electrons. The Labute approximate surface area is 141 Å². The molecule has 23 heavy (non-hydrogen) atoms. The number of thiocarbonyl (C=S) groups is 1. The number of benzene rings is 2. The molecule has 2 N–H and O–H groups in total. The summed E-state index contributed by atoms with van der Waals surface area (Å²) in [4.78, 5) is 12.3. The zero-order valence-corrected chi connectivity index (χ0v) is 14.2. The molecular weight excluding hydrogens is 310 g/mol. The van der Waals surface area contributed by atoms with Crippen LogP contribution in [0.25, 0.3) is 10.8 Å². The number of methoxy groups -OCH3 is 1. The number of hydrogen-bond donors (Lipinski definition) is 2. The Hall–Kier alpha value is -2.18. The van der Waals surface area contributed by atoms with Gasteiger partial charge in [-0.05, 0) is 41.5 Å². The minimum absolute atomic E-state index is 0.195. The molecule has 1 amide bonds. The Morgan fingerprint density at radius 3 is 2.70 bits per heavy atom. The van der Waals surface area contributed by atoms with Crippen LogP contribution in [0.1, 0.15) is 16.8 Å². The number of nitrogens with zero attached hydrogens (tertiary/aromatic N) is 1. The fourth-order valence-electron chi connectivity index (χ4n) is 2.13. The van der Waals surface area contributed by atoms with Gasteiger partial charge in [-0.15, -0.1) is 0 Å². The van der Waals surface area contributed by atoms with Gasteiger partial charge in [-0.25, -0.2) is 0 Å². The summed E-state index contributed by atoms with van der Waals surface area (Å²) in [5.41, 5.74) is 3.36. The zero-order valence-electron chi connectivity index (χ0n) is 13.3. The first kappa shape index (κ1) is 17.2. The van der Waals surface area contributed by atoms with Crippen LogP contribution in [0.2, 0.25) is 0 Å². The largest absolute Gasteiger partial charge is 0.385 e. The van der Waals surface area contributed by atoms with Crippen molar-refractivity contribution in [2.24, 2.45) is 0 Å². The van der Waals surface area contributed by atoms with Crippen LogP contribution < -0.4 is 10.7 Å². The first-order valence-electron chi connectivity index (χ1n) is 7.42. The second-order valence-electron chi connectivity index (χ2n) is 5.14. The standard InChI is InChI=1S/C17H21N3O2S/c1-20(17(23)18-10-5-11-22-2)19-16(21)15-9-8-13-6-3-4-7-14(13)12-15/h3-4,6-9,12H,5,10-11H2,1-2H3,(H,18,23)(H,19,21). The number of hydrazine groups is 1. The van der Waals surface area contributed by atoms with Crippen molar-refractivity contribution in [3.8, 4) is 0 Å². The van der Waals surface area contributed by atoms with Gasteiger partial charge in [0, 0.05) is 32.9 Å². The number of hydrogen-bond acceptors (Lipinski definition) is 3. The van der Waals surface area contributed by atoms with Crippen LogP contribution in [-0.4, -0.2) is 43.3 Å². The minimum atomic E-state index is -0.195. The van der Waals surface area contributed by atoms with E-state index in [1.165, 1.54) is 5.01 Å². The molecule has 0 atom stereocenters. The van der Waals surface area contributed by atoms with Gasteiger partial charge in [-0.2, -0.15) is 0 Å². The van der Waals surface area contributed by atoms with Gasteiger partial charge in [0.1, 0.15) is 0 Å². The second kappa shape index (κ2) is 8.45. The molecule has 0 saturated heterocycles. The van der Waals surface area contributed by atoms with Crippen LogP contribution in [-0.2, 0) is 4.74 Å². The van der Waals surface area contributed by atoms with E-state index in [0.29, 0.717) is 23.8 Å². The van der Waals surface area contributed by atoms with Gasteiger partial charge in [0.2, 0.25) is 0 Å². The number of ether oxygens (including phenoxy) is 1. The Bertz CT molecular complexity index is 690. The van der Waals surface area contributed by atoms with Gasteiger partial charge in [0.25, 0.3) is 5.91 Å². The average molecular weight is 331 g/mol. The predicted octanol–water partition coefficient (Wildman–Crippen LogP) is 2.33. The van der Waals surface area contributed by atoms with E-state index >= 15 is 0 Å². The van der Waals surface area contributed by atoms with Crippen molar-refractivity contribution in [3.63, 3.8) is 0 Å². The smallest absolute Gasteiger partial charge is 0.269 e. The Kier molecular flexibility index (Phi) is 6.31. The molecule has 2 aromatic rings. The maximum absolute atomic E-state index is 12.3. The molecule has 0 aliphatic carbocycles. The van der Waals surface area contributed by atoms with Crippen LogP contribution in [0, 0.1) is 0 Å². The highest BCUT2D eigenvalue weighted by atomic mass is 32.1. The SMILES string of the molecule is COCCCNC(=S)N(C)NC(=O)c1ccc2ccccc2c1. The molecular formula is C17H21N3O2S. The van der Waals surface area contributed by atoms with Crippen molar-refractivity contribution in [3.05, 3.63) is 48.0 Å². The molecule has 0 unspecified atom stereocenters. The van der Waals surface area contributed by atoms with E-state index < -0.39 is 0 Å². The van der Waals surface area contributed by atoms with Crippen molar-refractivity contribution >= 4 is 34.0 Å². The van der Waals surface area contributed by atoms with Crippen molar-refractivity contribution < 1.29 is 9.53 Å².